The third-order valence-corrected chi connectivity index (χ3v) is 6.83. The Labute approximate surface area is 184 Å². The van der Waals surface area contributed by atoms with E-state index in [1.54, 1.807) is 7.11 Å². The molecular formula is C25H31N5O. The average molecular weight is 418 g/mol. The number of rotatable bonds is 6. The number of benzene rings is 2. The molecule has 2 aliphatic rings. The summed E-state index contributed by atoms with van der Waals surface area (Å²) in [6.07, 6.45) is 6.88. The van der Waals surface area contributed by atoms with E-state index >= 15 is 0 Å². The first-order valence-electron chi connectivity index (χ1n) is 11.2. The van der Waals surface area contributed by atoms with E-state index in [9.17, 15) is 0 Å². The Morgan fingerprint density at radius 1 is 1.16 bits per heavy atom. The molecule has 0 unspecified atom stereocenters. The lowest BCUT2D eigenvalue weighted by molar-refractivity contribution is 0.180. The summed E-state index contributed by atoms with van der Waals surface area (Å²) in [5.74, 6) is 1.41. The molecule has 31 heavy (non-hydrogen) atoms. The van der Waals surface area contributed by atoms with Crippen LogP contribution in [0.5, 0.6) is 5.75 Å². The predicted molar refractivity (Wildman–Crippen MR) is 126 cm³/mol. The minimum atomic E-state index is 0.435. The van der Waals surface area contributed by atoms with E-state index in [2.05, 4.69) is 64.8 Å². The number of likely N-dealkylation sites (N-methyl/N-ethyl adjacent to an activating group) is 1. The summed E-state index contributed by atoms with van der Waals surface area (Å²) in [5.41, 5.74) is 6.06. The number of nitrogens with zero attached hydrogens (tertiary/aromatic N) is 3. The van der Waals surface area contributed by atoms with Gasteiger partial charge in [-0.05, 0) is 73.2 Å². The standard InChI is InChI=1S/C25H31N5O/c1-25(8-4-9-25)16-27-20-6-5-18-14-26-24(28-21(18)13-20)29-22-11-19-15-30(2)10-7-17(19)12-23(22)31-3/h5-6,11-14,27H,4,7-10,15-16H2,1-3H3,(H,26,28,29). The smallest absolute Gasteiger partial charge is 0.227 e. The van der Waals surface area contributed by atoms with Gasteiger partial charge in [-0.25, -0.2) is 9.97 Å². The average Bonchev–Trinajstić information content (AvgIpc) is 2.75. The normalized spacial score (nSPS) is 17.6. The summed E-state index contributed by atoms with van der Waals surface area (Å²) in [5, 5.41) is 8.02. The van der Waals surface area contributed by atoms with E-state index < -0.39 is 0 Å². The van der Waals surface area contributed by atoms with Crippen molar-refractivity contribution in [3.05, 3.63) is 47.7 Å². The number of hydrogen-bond acceptors (Lipinski definition) is 6. The molecular weight excluding hydrogens is 386 g/mol. The molecule has 6 nitrogen and oxygen atoms in total. The second kappa shape index (κ2) is 8.00. The Kier molecular flexibility index (Phi) is 5.18. The number of ether oxygens (including phenoxy) is 1. The van der Waals surface area contributed by atoms with Crippen LogP contribution >= 0.6 is 0 Å². The van der Waals surface area contributed by atoms with Crippen LogP contribution in [0.3, 0.4) is 0 Å². The van der Waals surface area contributed by atoms with Crippen LogP contribution in [-0.2, 0) is 13.0 Å². The molecule has 0 atom stereocenters. The first kappa shape index (κ1) is 20.1. The van der Waals surface area contributed by atoms with Crippen molar-refractivity contribution in [1.82, 2.24) is 14.9 Å². The molecule has 2 heterocycles. The molecule has 1 aliphatic heterocycles. The van der Waals surface area contributed by atoms with Crippen molar-refractivity contribution in [2.24, 2.45) is 5.41 Å². The second-order valence-electron chi connectivity index (χ2n) is 9.42. The van der Waals surface area contributed by atoms with Crippen LogP contribution in [0.25, 0.3) is 10.9 Å². The SMILES string of the molecule is COc1cc2c(cc1Nc1ncc3ccc(NCC4(C)CCC4)cc3n1)CN(C)CC2. The van der Waals surface area contributed by atoms with Crippen LogP contribution in [0.4, 0.5) is 17.3 Å². The first-order valence-corrected chi connectivity index (χ1v) is 11.2. The fraction of sp³-hybridized carbons (Fsp3) is 0.440. The number of methoxy groups -OCH3 is 1. The van der Waals surface area contributed by atoms with Crippen LogP contribution in [0, 0.1) is 5.41 Å². The summed E-state index contributed by atoms with van der Waals surface area (Å²) >= 11 is 0. The zero-order valence-electron chi connectivity index (χ0n) is 18.7. The maximum Gasteiger partial charge on any atom is 0.227 e. The van der Waals surface area contributed by atoms with Gasteiger partial charge in [0.05, 0.1) is 18.3 Å². The zero-order chi connectivity index (χ0) is 21.4. The van der Waals surface area contributed by atoms with Crippen molar-refractivity contribution in [2.45, 2.75) is 39.2 Å². The van der Waals surface area contributed by atoms with Crippen molar-refractivity contribution >= 4 is 28.2 Å². The monoisotopic (exact) mass is 417 g/mol. The second-order valence-corrected chi connectivity index (χ2v) is 9.42. The molecule has 2 N–H and O–H groups in total. The highest BCUT2D eigenvalue weighted by Gasteiger charge is 2.31. The van der Waals surface area contributed by atoms with Gasteiger partial charge < -0.3 is 20.3 Å². The van der Waals surface area contributed by atoms with E-state index in [0.717, 1.165) is 54.1 Å². The highest BCUT2D eigenvalue weighted by Crippen LogP contribution is 2.40. The van der Waals surface area contributed by atoms with E-state index in [1.165, 1.54) is 30.4 Å². The van der Waals surface area contributed by atoms with E-state index in [0.29, 0.717) is 11.4 Å². The van der Waals surface area contributed by atoms with E-state index in [-0.39, 0.29) is 0 Å². The molecule has 162 valence electrons. The van der Waals surface area contributed by atoms with Crippen LogP contribution < -0.4 is 15.4 Å². The van der Waals surface area contributed by atoms with Gasteiger partial charge in [-0.3, -0.25) is 0 Å². The molecule has 1 aromatic heterocycles. The molecule has 1 aliphatic carbocycles. The summed E-state index contributed by atoms with van der Waals surface area (Å²) in [6.45, 7) is 5.39. The molecule has 2 aromatic carbocycles. The quantitative estimate of drug-likeness (QED) is 0.590. The lowest BCUT2D eigenvalue weighted by Crippen LogP contribution is -2.33. The molecule has 0 spiro atoms. The fourth-order valence-electron chi connectivity index (χ4n) is 4.58. The van der Waals surface area contributed by atoms with Gasteiger partial charge in [-0.1, -0.05) is 13.3 Å². The minimum Gasteiger partial charge on any atom is -0.495 e. The zero-order valence-corrected chi connectivity index (χ0v) is 18.7. The van der Waals surface area contributed by atoms with Gasteiger partial charge in [0.25, 0.3) is 0 Å². The third-order valence-electron chi connectivity index (χ3n) is 6.83. The molecule has 0 bridgehead atoms. The molecule has 5 rings (SSSR count). The van der Waals surface area contributed by atoms with Gasteiger partial charge in [-0.15, -0.1) is 0 Å². The lowest BCUT2D eigenvalue weighted by atomic mass is 9.70. The summed E-state index contributed by atoms with van der Waals surface area (Å²) in [6, 6.07) is 10.6. The number of aromatic nitrogens is 2. The number of anilines is 3. The van der Waals surface area contributed by atoms with Crippen LogP contribution in [-0.4, -0.2) is 42.1 Å². The first-order chi connectivity index (χ1) is 15.0. The largest absolute Gasteiger partial charge is 0.495 e. The fourth-order valence-corrected chi connectivity index (χ4v) is 4.58. The molecule has 0 saturated heterocycles. The van der Waals surface area contributed by atoms with Gasteiger partial charge in [0, 0.05) is 36.9 Å². The number of fused-ring (bicyclic) bond motifs is 2. The number of hydrogen-bond donors (Lipinski definition) is 2. The Hall–Kier alpha value is -2.86. The Balaban J connectivity index is 1.39. The Bertz CT molecular complexity index is 1110. The van der Waals surface area contributed by atoms with E-state index in [1.807, 2.05) is 6.20 Å². The van der Waals surface area contributed by atoms with E-state index in [4.69, 9.17) is 9.72 Å². The van der Waals surface area contributed by atoms with Gasteiger partial charge in [0.2, 0.25) is 5.95 Å². The van der Waals surface area contributed by atoms with Crippen LogP contribution in [0.15, 0.2) is 36.5 Å². The van der Waals surface area contributed by atoms with Gasteiger partial charge >= 0.3 is 0 Å². The molecule has 1 fully saturated rings. The summed E-state index contributed by atoms with van der Waals surface area (Å²) in [7, 11) is 3.87. The summed E-state index contributed by atoms with van der Waals surface area (Å²) < 4.78 is 5.66. The Morgan fingerprint density at radius 2 is 2.03 bits per heavy atom. The van der Waals surface area contributed by atoms with Gasteiger partial charge in [0.15, 0.2) is 0 Å². The van der Waals surface area contributed by atoms with Crippen molar-refractivity contribution < 1.29 is 4.74 Å². The highest BCUT2D eigenvalue weighted by atomic mass is 16.5. The van der Waals surface area contributed by atoms with Crippen molar-refractivity contribution in [3.63, 3.8) is 0 Å². The lowest BCUT2D eigenvalue weighted by Gasteiger charge is -2.38. The van der Waals surface area contributed by atoms with Gasteiger partial charge in [0.1, 0.15) is 5.75 Å². The third kappa shape index (κ3) is 4.17. The number of nitrogens with one attached hydrogen (secondary N) is 2. The maximum absolute atomic E-state index is 5.66. The van der Waals surface area contributed by atoms with Gasteiger partial charge in [-0.2, -0.15) is 0 Å². The molecule has 3 aromatic rings. The Morgan fingerprint density at radius 3 is 2.81 bits per heavy atom. The topological polar surface area (TPSA) is 62.3 Å². The molecule has 0 radical (unpaired) electrons. The summed E-state index contributed by atoms with van der Waals surface area (Å²) in [4.78, 5) is 11.7. The van der Waals surface area contributed by atoms with Crippen molar-refractivity contribution in [1.29, 1.82) is 0 Å². The minimum absolute atomic E-state index is 0.435. The van der Waals surface area contributed by atoms with Crippen LogP contribution in [0.2, 0.25) is 0 Å². The van der Waals surface area contributed by atoms with Crippen molar-refractivity contribution in [3.8, 4) is 5.75 Å². The van der Waals surface area contributed by atoms with Crippen molar-refractivity contribution in [2.75, 3.05) is 37.9 Å². The van der Waals surface area contributed by atoms with Crippen LogP contribution in [0.1, 0.15) is 37.3 Å². The molecule has 0 amide bonds. The maximum atomic E-state index is 5.66. The molecule has 1 saturated carbocycles. The molecule has 6 heteroatoms. The highest BCUT2D eigenvalue weighted by molar-refractivity contribution is 5.83. The predicted octanol–water partition coefficient (Wildman–Crippen LogP) is 4.97.